The topological polar surface area (TPSA) is 77.2 Å². The average molecular weight is 247 g/mol. The molecule has 6 heteroatoms. The Morgan fingerprint density at radius 3 is 3.00 bits per heavy atom. The summed E-state index contributed by atoms with van der Waals surface area (Å²) in [6, 6.07) is 1.42. The number of aromatic carboxylic acids is 1. The van der Waals surface area contributed by atoms with E-state index < -0.39 is 5.97 Å². The maximum absolute atomic E-state index is 10.9. The van der Waals surface area contributed by atoms with Gasteiger partial charge in [0.1, 0.15) is 11.4 Å². The normalized spacial score (nSPS) is 10.3. The minimum Gasteiger partial charge on any atom is -0.491 e. The van der Waals surface area contributed by atoms with Gasteiger partial charge in [0.25, 0.3) is 0 Å². The van der Waals surface area contributed by atoms with E-state index in [0.717, 1.165) is 5.82 Å². The summed E-state index contributed by atoms with van der Waals surface area (Å²) in [6.07, 6.45) is 7.00. The number of pyridine rings is 1. The molecule has 2 heterocycles. The van der Waals surface area contributed by atoms with Crippen molar-refractivity contribution in [2.75, 3.05) is 6.61 Å². The molecule has 0 aliphatic carbocycles. The molecule has 2 aromatic heterocycles. The summed E-state index contributed by atoms with van der Waals surface area (Å²) in [4.78, 5) is 19.0. The number of ether oxygens (including phenoxy) is 1. The van der Waals surface area contributed by atoms with Crippen molar-refractivity contribution in [2.45, 2.75) is 6.42 Å². The smallest absolute Gasteiger partial charge is 0.339 e. The molecule has 2 aromatic rings. The fraction of sp³-hybridized carbons (Fsp3) is 0.250. The number of carbonyl (C=O) groups is 1. The van der Waals surface area contributed by atoms with Crippen molar-refractivity contribution in [1.82, 2.24) is 14.5 Å². The number of hydrogen-bond acceptors (Lipinski definition) is 4. The first-order valence-electron chi connectivity index (χ1n) is 5.45. The molecule has 0 amide bonds. The van der Waals surface area contributed by atoms with Gasteiger partial charge in [-0.05, 0) is 6.07 Å². The van der Waals surface area contributed by atoms with Crippen LogP contribution in [0.1, 0.15) is 16.2 Å². The van der Waals surface area contributed by atoms with E-state index in [-0.39, 0.29) is 11.3 Å². The van der Waals surface area contributed by atoms with E-state index in [1.165, 1.54) is 18.5 Å². The quantitative estimate of drug-likeness (QED) is 0.857. The van der Waals surface area contributed by atoms with Gasteiger partial charge in [0, 0.05) is 32.1 Å². The molecular weight excluding hydrogens is 234 g/mol. The zero-order valence-corrected chi connectivity index (χ0v) is 9.91. The van der Waals surface area contributed by atoms with Crippen LogP contribution in [0.15, 0.2) is 30.9 Å². The van der Waals surface area contributed by atoms with Gasteiger partial charge in [-0.1, -0.05) is 0 Å². The molecule has 0 radical (unpaired) electrons. The van der Waals surface area contributed by atoms with E-state index in [9.17, 15) is 4.79 Å². The summed E-state index contributed by atoms with van der Waals surface area (Å²) in [5.74, 6) is 0.138. The fourth-order valence-electron chi connectivity index (χ4n) is 1.56. The molecule has 0 unspecified atom stereocenters. The van der Waals surface area contributed by atoms with Crippen molar-refractivity contribution in [3.8, 4) is 5.75 Å². The lowest BCUT2D eigenvalue weighted by Gasteiger charge is -2.08. The number of nitrogens with zero attached hydrogens (tertiary/aromatic N) is 3. The van der Waals surface area contributed by atoms with Crippen LogP contribution in [0.3, 0.4) is 0 Å². The molecule has 18 heavy (non-hydrogen) atoms. The molecular formula is C12H13N3O3. The highest BCUT2D eigenvalue weighted by Gasteiger charge is 2.10. The Balaban J connectivity index is 1.99. The lowest BCUT2D eigenvalue weighted by atomic mass is 10.2. The molecule has 0 aliphatic rings. The predicted molar refractivity (Wildman–Crippen MR) is 63.6 cm³/mol. The zero-order chi connectivity index (χ0) is 13.0. The van der Waals surface area contributed by atoms with E-state index in [4.69, 9.17) is 9.84 Å². The van der Waals surface area contributed by atoms with E-state index in [1.54, 1.807) is 6.20 Å². The third-order valence-corrected chi connectivity index (χ3v) is 2.52. The summed E-state index contributed by atoms with van der Waals surface area (Å²) in [5.41, 5.74) is 0.116. The Bertz CT molecular complexity index is 551. The standard InChI is InChI=1S/C12H13N3O3/c1-15-6-5-14-11(15)3-7-18-10-8-13-4-2-9(10)12(16)17/h2,4-6,8H,3,7H2,1H3,(H,16,17). The number of carboxylic acid groups (broad SMARTS) is 1. The van der Waals surface area contributed by atoms with Crippen molar-refractivity contribution in [1.29, 1.82) is 0 Å². The van der Waals surface area contributed by atoms with Gasteiger partial charge in [-0.25, -0.2) is 9.78 Å². The highest BCUT2D eigenvalue weighted by molar-refractivity contribution is 5.90. The minimum atomic E-state index is -1.02. The van der Waals surface area contributed by atoms with Crippen LogP contribution in [-0.2, 0) is 13.5 Å². The van der Waals surface area contributed by atoms with Crippen LogP contribution in [0.25, 0.3) is 0 Å². The van der Waals surface area contributed by atoms with Gasteiger partial charge in [0.05, 0.1) is 12.8 Å². The fourth-order valence-corrected chi connectivity index (χ4v) is 1.56. The molecule has 0 aromatic carbocycles. The number of aromatic nitrogens is 3. The van der Waals surface area contributed by atoms with Crippen LogP contribution >= 0.6 is 0 Å². The summed E-state index contributed by atoms with van der Waals surface area (Å²) >= 11 is 0. The van der Waals surface area contributed by atoms with Crippen LogP contribution in [-0.4, -0.2) is 32.2 Å². The Morgan fingerprint density at radius 2 is 2.33 bits per heavy atom. The molecule has 0 saturated heterocycles. The summed E-state index contributed by atoms with van der Waals surface area (Å²) in [7, 11) is 1.90. The molecule has 2 rings (SSSR count). The first-order chi connectivity index (χ1) is 8.68. The maximum Gasteiger partial charge on any atom is 0.339 e. The van der Waals surface area contributed by atoms with Gasteiger partial charge in [0.2, 0.25) is 0 Å². The van der Waals surface area contributed by atoms with Crippen molar-refractivity contribution in [2.24, 2.45) is 7.05 Å². The molecule has 0 aliphatic heterocycles. The van der Waals surface area contributed by atoms with Crippen LogP contribution in [0.5, 0.6) is 5.75 Å². The van der Waals surface area contributed by atoms with Crippen LogP contribution in [0.2, 0.25) is 0 Å². The van der Waals surface area contributed by atoms with Crippen molar-refractivity contribution in [3.05, 3.63) is 42.2 Å². The summed E-state index contributed by atoms with van der Waals surface area (Å²) in [5, 5.41) is 8.97. The first-order valence-corrected chi connectivity index (χ1v) is 5.45. The highest BCUT2D eigenvalue weighted by Crippen LogP contribution is 2.16. The second-order valence-electron chi connectivity index (χ2n) is 3.73. The predicted octanol–water partition coefficient (Wildman–Crippen LogP) is 1.13. The van der Waals surface area contributed by atoms with Gasteiger partial charge in [0.15, 0.2) is 5.75 Å². The zero-order valence-electron chi connectivity index (χ0n) is 9.91. The monoisotopic (exact) mass is 247 g/mol. The van der Waals surface area contributed by atoms with Crippen molar-refractivity contribution < 1.29 is 14.6 Å². The third-order valence-electron chi connectivity index (χ3n) is 2.52. The largest absolute Gasteiger partial charge is 0.491 e. The van der Waals surface area contributed by atoms with Gasteiger partial charge < -0.3 is 14.4 Å². The molecule has 0 saturated carbocycles. The first kappa shape index (κ1) is 12.1. The number of rotatable bonds is 5. The lowest BCUT2D eigenvalue weighted by molar-refractivity contribution is 0.0692. The third kappa shape index (κ3) is 2.65. The van der Waals surface area contributed by atoms with Gasteiger partial charge >= 0.3 is 5.97 Å². The van der Waals surface area contributed by atoms with Crippen molar-refractivity contribution in [3.63, 3.8) is 0 Å². The Morgan fingerprint density at radius 1 is 1.50 bits per heavy atom. The Kier molecular flexibility index (Phi) is 3.57. The molecule has 94 valence electrons. The summed E-state index contributed by atoms with van der Waals surface area (Å²) < 4.78 is 7.32. The second kappa shape index (κ2) is 5.31. The van der Waals surface area contributed by atoms with E-state index in [0.29, 0.717) is 13.0 Å². The van der Waals surface area contributed by atoms with Gasteiger partial charge in [-0.3, -0.25) is 4.98 Å². The molecule has 0 bridgehead atoms. The second-order valence-corrected chi connectivity index (χ2v) is 3.73. The summed E-state index contributed by atoms with van der Waals surface area (Å²) in [6.45, 7) is 0.358. The van der Waals surface area contributed by atoms with Gasteiger partial charge in [-0.2, -0.15) is 0 Å². The Labute approximate surface area is 104 Å². The molecule has 0 atom stereocenters. The van der Waals surface area contributed by atoms with E-state index in [2.05, 4.69) is 9.97 Å². The highest BCUT2D eigenvalue weighted by atomic mass is 16.5. The number of aryl methyl sites for hydroxylation is 1. The van der Waals surface area contributed by atoms with Crippen molar-refractivity contribution >= 4 is 5.97 Å². The molecule has 0 fully saturated rings. The van der Waals surface area contributed by atoms with Gasteiger partial charge in [-0.15, -0.1) is 0 Å². The van der Waals surface area contributed by atoms with E-state index in [1.807, 2.05) is 17.8 Å². The van der Waals surface area contributed by atoms with Crippen LogP contribution < -0.4 is 4.74 Å². The van der Waals surface area contributed by atoms with Crippen LogP contribution in [0, 0.1) is 0 Å². The average Bonchev–Trinajstić information content (AvgIpc) is 2.76. The number of hydrogen-bond donors (Lipinski definition) is 1. The maximum atomic E-state index is 10.9. The minimum absolute atomic E-state index is 0.116. The van der Waals surface area contributed by atoms with Crippen LogP contribution in [0.4, 0.5) is 0 Å². The SMILES string of the molecule is Cn1ccnc1CCOc1cnccc1C(=O)O. The Hall–Kier alpha value is -2.37. The lowest BCUT2D eigenvalue weighted by Crippen LogP contribution is -2.09. The number of imidazole rings is 1. The molecule has 1 N–H and O–H groups in total. The molecule has 6 nitrogen and oxygen atoms in total. The molecule has 0 spiro atoms. The number of carboxylic acids is 1. The van der Waals surface area contributed by atoms with E-state index >= 15 is 0 Å².